The SMILES string of the molecule is CNCc1cc(C)cc(F)c1. The minimum Gasteiger partial charge on any atom is -0.316 e. The van der Waals surface area contributed by atoms with E-state index < -0.39 is 0 Å². The lowest BCUT2D eigenvalue weighted by Gasteiger charge is -2.01. The second-order valence-electron chi connectivity index (χ2n) is 2.67. The number of benzene rings is 1. The second kappa shape index (κ2) is 3.49. The highest BCUT2D eigenvalue weighted by Crippen LogP contribution is 2.07. The Morgan fingerprint density at radius 3 is 2.64 bits per heavy atom. The topological polar surface area (TPSA) is 12.0 Å². The first-order valence-electron chi connectivity index (χ1n) is 3.63. The van der Waals surface area contributed by atoms with Crippen molar-refractivity contribution in [2.45, 2.75) is 13.5 Å². The first-order valence-corrected chi connectivity index (χ1v) is 3.63. The van der Waals surface area contributed by atoms with Crippen molar-refractivity contribution in [3.8, 4) is 0 Å². The van der Waals surface area contributed by atoms with E-state index in [1.807, 2.05) is 20.0 Å². The predicted molar refractivity (Wildman–Crippen MR) is 43.9 cm³/mol. The molecular weight excluding hydrogens is 141 g/mol. The van der Waals surface area contributed by atoms with E-state index in [4.69, 9.17) is 0 Å². The van der Waals surface area contributed by atoms with Gasteiger partial charge in [-0.25, -0.2) is 4.39 Å². The summed E-state index contributed by atoms with van der Waals surface area (Å²) in [7, 11) is 1.85. The Kier molecular flexibility index (Phi) is 2.60. The second-order valence-corrected chi connectivity index (χ2v) is 2.67. The maximum absolute atomic E-state index is 12.7. The van der Waals surface area contributed by atoms with E-state index in [1.54, 1.807) is 6.07 Å². The van der Waals surface area contributed by atoms with Crippen LogP contribution in [0.1, 0.15) is 11.1 Å². The lowest BCUT2D eigenvalue weighted by Crippen LogP contribution is -2.05. The molecule has 1 rings (SSSR count). The highest BCUT2D eigenvalue weighted by atomic mass is 19.1. The molecule has 0 saturated heterocycles. The van der Waals surface area contributed by atoms with Crippen LogP contribution < -0.4 is 5.32 Å². The van der Waals surface area contributed by atoms with Crippen LogP contribution in [-0.2, 0) is 6.54 Å². The summed E-state index contributed by atoms with van der Waals surface area (Å²) in [5.74, 6) is -0.157. The Bertz CT molecular complexity index is 225. The summed E-state index contributed by atoms with van der Waals surface area (Å²) < 4.78 is 12.7. The van der Waals surface area contributed by atoms with Gasteiger partial charge in [0.15, 0.2) is 0 Å². The summed E-state index contributed by atoms with van der Waals surface area (Å²) >= 11 is 0. The first kappa shape index (κ1) is 8.21. The Balaban J connectivity index is 2.89. The Morgan fingerprint density at radius 2 is 2.09 bits per heavy atom. The van der Waals surface area contributed by atoms with Gasteiger partial charge < -0.3 is 5.32 Å². The summed E-state index contributed by atoms with van der Waals surface area (Å²) in [4.78, 5) is 0. The van der Waals surface area contributed by atoms with Crippen molar-refractivity contribution in [3.05, 3.63) is 35.1 Å². The quantitative estimate of drug-likeness (QED) is 0.683. The molecule has 0 bridgehead atoms. The van der Waals surface area contributed by atoms with Crippen molar-refractivity contribution in [2.75, 3.05) is 7.05 Å². The van der Waals surface area contributed by atoms with Gasteiger partial charge in [-0.2, -0.15) is 0 Å². The van der Waals surface area contributed by atoms with Crippen LogP contribution in [0, 0.1) is 12.7 Å². The fourth-order valence-electron chi connectivity index (χ4n) is 1.12. The van der Waals surface area contributed by atoms with Gasteiger partial charge >= 0.3 is 0 Å². The molecule has 0 radical (unpaired) electrons. The largest absolute Gasteiger partial charge is 0.316 e. The van der Waals surface area contributed by atoms with E-state index in [-0.39, 0.29) is 5.82 Å². The Labute approximate surface area is 66.2 Å². The zero-order valence-electron chi connectivity index (χ0n) is 6.82. The molecule has 0 aliphatic carbocycles. The van der Waals surface area contributed by atoms with Crippen molar-refractivity contribution in [2.24, 2.45) is 0 Å². The third-order valence-electron chi connectivity index (χ3n) is 1.48. The molecular formula is C9H12FN. The zero-order chi connectivity index (χ0) is 8.27. The highest BCUT2D eigenvalue weighted by molar-refractivity contribution is 5.23. The average Bonchev–Trinajstić information content (AvgIpc) is 1.85. The molecule has 1 nitrogen and oxygen atoms in total. The average molecular weight is 153 g/mol. The van der Waals surface area contributed by atoms with Gasteiger partial charge in [-0.15, -0.1) is 0 Å². The molecule has 2 heteroatoms. The molecule has 1 aromatic rings. The minimum absolute atomic E-state index is 0.157. The molecule has 0 fully saturated rings. The molecule has 0 amide bonds. The number of halogens is 1. The maximum Gasteiger partial charge on any atom is 0.123 e. The molecule has 0 unspecified atom stereocenters. The van der Waals surface area contributed by atoms with E-state index in [1.165, 1.54) is 6.07 Å². The molecule has 1 aromatic carbocycles. The van der Waals surface area contributed by atoms with E-state index in [2.05, 4.69) is 5.32 Å². The molecule has 0 heterocycles. The minimum atomic E-state index is -0.157. The molecule has 11 heavy (non-hydrogen) atoms. The Morgan fingerprint density at radius 1 is 1.36 bits per heavy atom. The van der Waals surface area contributed by atoms with Gasteiger partial charge in [-0.05, 0) is 37.2 Å². The lowest BCUT2D eigenvalue weighted by atomic mass is 10.1. The number of rotatable bonds is 2. The molecule has 0 aliphatic heterocycles. The predicted octanol–water partition coefficient (Wildman–Crippen LogP) is 1.85. The van der Waals surface area contributed by atoms with Crippen molar-refractivity contribution in [3.63, 3.8) is 0 Å². The van der Waals surface area contributed by atoms with Crippen LogP contribution in [0.25, 0.3) is 0 Å². The fourth-order valence-corrected chi connectivity index (χ4v) is 1.12. The van der Waals surface area contributed by atoms with Crippen molar-refractivity contribution >= 4 is 0 Å². The van der Waals surface area contributed by atoms with Crippen LogP contribution in [0.15, 0.2) is 18.2 Å². The van der Waals surface area contributed by atoms with Gasteiger partial charge in [0.2, 0.25) is 0 Å². The van der Waals surface area contributed by atoms with Crippen LogP contribution in [0.3, 0.4) is 0 Å². The summed E-state index contributed by atoms with van der Waals surface area (Å²) in [6.07, 6.45) is 0. The van der Waals surface area contributed by atoms with Crippen molar-refractivity contribution in [1.82, 2.24) is 5.32 Å². The molecule has 0 atom stereocenters. The van der Waals surface area contributed by atoms with Gasteiger partial charge in [-0.3, -0.25) is 0 Å². The fraction of sp³-hybridized carbons (Fsp3) is 0.333. The molecule has 0 saturated carbocycles. The zero-order valence-corrected chi connectivity index (χ0v) is 6.82. The summed E-state index contributed by atoms with van der Waals surface area (Å²) in [5.41, 5.74) is 1.96. The monoisotopic (exact) mass is 153 g/mol. The number of hydrogen-bond donors (Lipinski definition) is 1. The molecule has 0 aliphatic rings. The van der Waals surface area contributed by atoms with Gasteiger partial charge in [0.1, 0.15) is 5.82 Å². The third kappa shape index (κ3) is 2.31. The number of hydrogen-bond acceptors (Lipinski definition) is 1. The molecule has 60 valence electrons. The van der Waals surface area contributed by atoms with E-state index in [0.717, 1.165) is 17.7 Å². The molecule has 1 N–H and O–H groups in total. The van der Waals surface area contributed by atoms with Crippen LogP contribution in [-0.4, -0.2) is 7.05 Å². The lowest BCUT2D eigenvalue weighted by molar-refractivity contribution is 0.622. The van der Waals surface area contributed by atoms with Gasteiger partial charge in [0.05, 0.1) is 0 Å². The van der Waals surface area contributed by atoms with Gasteiger partial charge in [0, 0.05) is 6.54 Å². The third-order valence-corrected chi connectivity index (χ3v) is 1.48. The smallest absolute Gasteiger partial charge is 0.123 e. The molecule has 0 aromatic heterocycles. The van der Waals surface area contributed by atoms with Crippen molar-refractivity contribution < 1.29 is 4.39 Å². The van der Waals surface area contributed by atoms with E-state index >= 15 is 0 Å². The summed E-state index contributed by atoms with van der Waals surface area (Å²) in [6, 6.07) is 5.04. The summed E-state index contributed by atoms with van der Waals surface area (Å²) in [6.45, 7) is 2.61. The number of aryl methyl sites for hydroxylation is 1. The van der Waals surface area contributed by atoms with Crippen LogP contribution in [0.2, 0.25) is 0 Å². The van der Waals surface area contributed by atoms with Crippen molar-refractivity contribution in [1.29, 1.82) is 0 Å². The van der Waals surface area contributed by atoms with Gasteiger partial charge in [-0.1, -0.05) is 6.07 Å². The maximum atomic E-state index is 12.7. The van der Waals surface area contributed by atoms with E-state index in [0.29, 0.717) is 0 Å². The normalized spacial score (nSPS) is 10.1. The van der Waals surface area contributed by atoms with Crippen LogP contribution >= 0.6 is 0 Å². The number of nitrogens with one attached hydrogen (secondary N) is 1. The standard InChI is InChI=1S/C9H12FN/c1-7-3-8(6-11-2)5-9(10)4-7/h3-5,11H,6H2,1-2H3. The first-order chi connectivity index (χ1) is 5.22. The highest BCUT2D eigenvalue weighted by Gasteiger charge is 1.95. The van der Waals surface area contributed by atoms with Crippen LogP contribution in [0.5, 0.6) is 0 Å². The summed E-state index contributed by atoms with van der Waals surface area (Å²) in [5, 5.41) is 2.97. The van der Waals surface area contributed by atoms with E-state index in [9.17, 15) is 4.39 Å². The molecule has 0 spiro atoms. The van der Waals surface area contributed by atoms with Gasteiger partial charge in [0.25, 0.3) is 0 Å². The Hall–Kier alpha value is -0.890. The van der Waals surface area contributed by atoms with Crippen LogP contribution in [0.4, 0.5) is 4.39 Å².